The number of hydrogen-bond acceptors (Lipinski definition) is 5. The van der Waals surface area contributed by atoms with Crippen LogP contribution in [0.3, 0.4) is 0 Å². The first-order valence-electron chi connectivity index (χ1n) is 12.1. The number of nitrogens with one attached hydrogen (secondary N) is 1. The van der Waals surface area contributed by atoms with E-state index in [2.05, 4.69) is 23.9 Å². The lowest BCUT2D eigenvalue weighted by Gasteiger charge is -2.22. The van der Waals surface area contributed by atoms with Gasteiger partial charge in [-0.3, -0.25) is 9.59 Å². The summed E-state index contributed by atoms with van der Waals surface area (Å²) < 4.78 is 47.8. The van der Waals surface area contributed by atoms with Crippen molar-refractivity contribution in [3.8, 4) is 22.6 Å². The first-order chi connectivity index (χ1) is 17.8. The normalized spacial score (nSPS) is 12.3. The number of ether oxygens (including phenoxy) is 2. The molecular formula is C28H30F3NO5S. The van der Waals surface area contributed by atoms with Crippen LogP contribution in [0.5, 0.6) is 11.5 Å². The van der Waals surface area contributed by atoms with E-state index in [1.54, 1.807) is 18.2 Å². The number of alkyl halides is 3. The van der Waals surface area contributed by atoms with Gasteiger partial charge in [0.25, 0.3) is 5.91 Å². The van der Waals surface area contributed by atoms with Gasteiger partial charge >= 0.3 is 12.3 Å². The topological polar surface area (TPSA) is 84.9 Å². The lowest BCUT2D eigenvalue weighted by Crippen LogP contribution is -2.25. The molecule has 1 heterocycles. The number of carboxylic acid groups (broad SMARTS) is 1. The van der Waals surface area contributed by atoms with E-state index in [4.69, 9.17) is 9.84 Å². The number of aliphatic carboxylic acids is 1. The number of amides is 1. The van der Waals surface area contributed by atoms with Gasteiger partial charge in [0.2, 0.25) is 0 Å². The zero-order chi connectivity index (χ0) is 28.0. The van der Waals surface area contributed by atoms with Crippen LogP contribution >= 0.6 is 11.3 Å². The van der Waals surface area contributed by atoms with Crippen LogP contribution < -0.4 is 14.8 Å². The van der Waals surface area contributed by atoms with Crippen molar-refractivity contribution >= 4 is 23.2 Å². The molecular weight excluding hydrogens is 519 g/mol. The first kappa shape index (κ1) is 29.0. The molecule has 0 aliphatic heterocycles. The van der Waals surface area contributed by atoms with E-state index < -0.39 is 12.3 Å². The third kappa shape index (κ3) is 8.24. The van der Waals surface area contributed by atoms with Crippen molar-refractivity contribution in [3.05, 3.63) is 69.4 Å². The Hall–Kier alpha value is -3.53. The highest BCUT2D eigenvalue weighted by atomic mass is 32.1. The first-order valence-corrected chi connectivity index (χ1v) is 12.9. The van der Waals surface area contributed by atoms with Crippen LogP contribution in [-0.2, 0) is 4.79 Å². The summed E-state index contributed by atoms with van der Waals surface area (Å²) in [6.07, 6.45) is -4.49. The van der Waals surface area contributed by atoms with Crippen molar-refractivity contribution in [3.63, 3.8) is 0 Å². The van der Waals surface area contributed by atoms with Crippen LogP contribution in [0.2, 0.25) is 0 Å². The highest BCUT2D eigenvalue weighted by Crippen LogP contribution is 2.37. The van der Waals surface area contributed by atoms with E-state index in [1.807, 2.05) is 32.0 Å². The predicted octanol–water partition coefficient (Wildman–Crippen LogP) is 7.30. The number of carboxylic acids is 1. The number of carbonyl (C=O) groups is 2. The highest BCUT2D eigenvalue weighted by molar-refractivity contribution is 7.14. The molecule has 2 N–H and O–H groups in total. The fourth-order valence-corrected chi connectivity index (χ4v) is 5.07. The van der Waals surface area contributed by atoms with Crippen LogP contribution in [0.4, 0.5) is 13.2 Å². The molecule has 1 aromatic heterocycles. The van der Waals surface area contributed by atoms with Crippen molar-refractivity contribution in [1.82, 2.24) is 5.32 Å². The van der Waals surface area contributed by atoms with Crippen LogP contribution in [0.1, 0.15) is 58.5 Å². The molecule has 0 saturated carbocycles. The minimum absolute atomic E-state index is 0.0519. The summed E-state index contributed by atoms with van der Waals surface area (Å²) >= 11 is 1.31. The maximum atomic E-state index is 12.5. The Balaban J connectivity index is 1.79. The van der Waals surface area contributed by atoms with E-state index in [-0.39, 0.29) is 30.7 Å². The van der Waals surface area contributed by atoms with Crippen molar-refractivity contribution in [2.24, 2.45) is 5.92 Å². The summed E-state index contributed by atoms with van der Waals surface area (Å²) in [5.74, 6) is -0.625. The smallest absolute Gasteiger partial charge is 0.485 e. The minimum atomic E-state index is -4.74. The standard InChI is InChI=1S/C28H30F3NO5S/c1-16(2)13-22(23-9-10-24(38-23)27(35)32-12-11-25(33)34)36-21-14-17(3)26(18(4)15-21)19-5-7-20(8-6-19)37-28(29,30)31/h5-10,14-16,22H,11-13H2,1-4H3,(H,32,35)(H,33,34)/t22-/m1/s1. The Bertz CT molecular complexity index is 1250. The van der Waals surface area contributed by atoms with E-state index in [1.165, 1.54) is 23.5 Å². The molecule has 10 heteroatoms. The fraction of sp³-hybridized carbons (Fsp3) is 0.357. The van der Waals surface area contributed by atoms with E-state index in [0.717, 1.165) is 27.1 Å². The Morgan fingerprint density at radius 3 is 2.18 bits per heavy atom. The van der Waals surface area contributed by atoms with Gasteiger partial charge in [-0.25, -0.2) is 0 Å². The molecule has 1 atom stereocenters. The number of aryl methyl sites for hydroxylation is 2. The second-order valence-corrected chi connectivity index (χ2v) is 10.5. The number of rotatable bonds is 11. The molecule has 1 amide bonds. The van der Waals surface area contributed by atoms with Crippen molar-refractivity contribution in [2.75, 3.05) is 6.54 Å². The Morgan fingerprint density at radius 1 is 1.00 bits per heavy atom. The summed E-state index contributed by atoms with van der Waals surface area (Å²) in [5, 5.41) is 11.4. The maximum Gasteiger partial charge on any atom is 0.573 e. The van der Waals surface area contributed by atoms with Crippen LogP contribution in [0, 0.1) is 19.8 Å². The molecule has 0 aliphatic carbocycles. The quantitative estimate of drug-likeness (QED) is 0.262. The van der Waals surface area contributed by atoms with Gasteiger partial charge in [-0.05, 0) is 84.8 Å². The molecule has 2 aromatic carbocycles. The Labute approximate surface area is 223 Å². The third-order valence-electron chi connectivity index (χ3n) is 5.64. The van der Waals surface area contributed by atoms with Gasteiger partial charge in [-0.1, -0.05) is 26.0 Å². The molecule has 0 bridgehead atoms. The number of carbonyl (C=O) groups excluding carboxylic acids is 1. The Kier molecular flexibility index (Phi) is 9.43. The molecule has 0 aliphatic rings. The molecule has 0 spiro atoms. The van der Waals surface area contributed by atoms with Gasteiger partial charge in [-0.2, -0.15) is 0 Å². The van der Waals surface area contributed by atoms with E-state index in [9.17, 15) is 22.8 Å². The van der Waals surface area contributed by atoms with E-state index >= 15 is 0 Å². The second-order valence-electron chi connectivity index (χ2n) is 9.34. The lowest BCUT2D eigenvalue weighted by molar-refractivity contribution is -0.274. The molecule has 3 aromatic rings. The molecule has 0 unspecified atom stereocenters. The van der Waals surface area contributed by atoms with Gasteiger partial charge in [0.05, 0.1) is 11.3 Å². The monoisotopic (exact) mass is 549 g/mol. The summed E-state index contributed by atoms with van der Waals surface area (Å²) in [6.45, 7) is 8.04. The molecule has 6 nitrogen and oxygen atoms in total. The number of hydrogen-bond donors (Lipinski definition) is 2. The predicted molar refractivity (Wildman–Crippen MR) is 140 cm³/mol. The summed E-state index contributed by atoms with van der Waals surface area (Å²) in [7, 11) is 0. The van der Waals surface area contributed by atoms with Gasteiger partial charge in [0.15, 0.2) is 0 Å². The van der Waals surface area contributed by atoms with Gasteiger partial charge in [0, 0.05) is 11.4 Å². The number of benzene rings is 2. The van der Waals surface area contributed by atoms with Gasteiger partial charge in [0.1, 0.15) is 17.6 Å². The average molecular weight is 550 g/mol. The van der Waals surface area contributed by atoms with Crippen molar-refractivity contribution in [1.29, 1.82) is 0 Å². The molecule has 204 valence electrons. The van der Waals surface area contributed by atoms with E-state index in [0.29, 0.717) is 23.0 Å². The number of halogens is 3. The highest BCUT2D eigenvalue weighted by Gasteiger charge is 2.31. The maximum absolute atomic E-state index is 12.5. The summed E-state index contributed by atoms with van der Waals surface area (Å²) in [4.78, 5) is 24.4. The molecule has 0 radical (unpaired) electrons. The summed E-state index contributed by atoms with van der Waals surface area (Å²) in [5.41, 5.74) is 3.46. The second kappa shape index (κ2) is 12.3. The average Bonchev–Trinajstić information content (AvgIpc) is 3.28. The number of thiophene rings is 1. The SMILES string of the molecule is Cc1cc(O[C@H](CC(C)C)c2ccc(C(=O)NCCC(=O)O)s2)cc(C)c1-c1ccc(OC(F)(F)F)cc1. The zero-order valence-corrected chi connectivity index (χ0v) is 22.3. The van der Waals surface area contributed by atoms with Crippen molar-refractivity contribution < 1.29 is 37.3 Å². The lowest BCUT2D eigenvalue weighted by atomic mass is 9.95. The van der Waals surface area contributed by atoms with Gasteiger partial charge in [-0.15, -0.1) is 24.5 Å². The largest absolute Gasteiger partial charge is 0.573 e. The van der Waals surface area contributed by atoms with Crippen LogP contribution in [0.25, 0.3) is 11.1 Å². The zero-order valence-electron chi connectivity index (χ0n) is 21.5. The third-order valence-corrected chi connectivity index (χ3v) is 6.82. The van der Waals surface area contributed by atoms with Crippen LogP contribution in [0.15, 0.2) is 48.5 Å². The molecule has 0 saturated heterocycles. The van der Waals surface area contributed by atoms with Crippen molar-refractivity contribution in [2.45, 2.75) is 53.0 Å². The minimum Gasteiger partial charge on any atom is -0.485 e. The molecule has 0 fully saturated rings. The fourth-order valence-electron chi connectivity index (χ4n) is 4.10. The molecule has 3 rings (SSSR count). The molecule has 38 heavy (non-hydrogen) atoms. The van der Waals surface area contributed by atoms with Gasteiger partial charge < -0.3 is 19.9 Å². The van der Waals surface area contributed by atoms with Crippen LogP contribution in [-0.4, -0.2) is 29.9 Å². The Morgan fingerprint density at radius 2 is 1.63 bits per heavy atom. The summed E-state index contributed by atoms with van der Waals surface area (Å²) in [6, 6.07) is 13.1.